The van der Waals surface area contributed by atoms with Crippen molar-refractivity contribution in [1.82, 2.24) is 0 Å². The Kier molecular flexibility index (Phi) is 11.0. The largest absolute Gasteiger partial charge is 0.460 e. The van der Waals surface area contributed by atoms with Crippen LogP contribution in [-0.2, 0) is 19.0 Å². The van der Waals surface area contributed by atoms with E-state index in [0.29, 0.717) is 32.0 Å². The molecule has 0 heterocycles. The first-order chi connectivity index (χ1) is 8.22. The third-order valence-electron chi connectivity index (χ3n) is 2.23. The van der Waals surface area contributed by atoms with E-state index >= 15 is 0 Å². The molecule has 0 bridgehead atoms. The number of hydrogen-bond donors (Lipinski definition) is 0. The molecule has 100 valence electrons. The van der Waals surface area contributed by atoms with E-state index in [1.54, 1.807) is 19.9 Å². The molecule has 0 rings (SSSR count). The van der Waals surface area contributed by atoms with Crippen LogP contribution in [0.25, 0.3) is 0 Å². The highest BCUT2D eigenvalue weighted by Crippen LogP contribution is 1.95. The van der Waals surface area contributed by atoms with Gasteiger partial charge in [0.25, 0.3) is 0 Å². The predicted octanol–water partition coefficient (Wildman–Crippen LogP) is 2.33. The van der Waals surface area contributed by atoms with Crippen LogP contribution in [0.3, 0.4) is 0 Å². The summed E-state index contributed by atoms with van der Waals surface area (Å²) in [6.45, 7) is 8.30. The van der Waals surface area contributed by atoms with Crippen LogP contribution < -0.4 is 0 Å². The summed E-state index contributed by atoms with van der Waals surface area (Å²) in [7, 11) is 0. The first-order valence-corrected chi connectivity index (χ1v) is 6.17. The summed E-state index contributed by atoms with van der Waals surface area (Å²) in [5.41, 5.74) is 0.618. The number of rotatable bonds is 10. The van der Waals surface area contributed by atoms with Crippen molar-refractivity contribution in [3.8, 4) is 0 Å². The van der Waals surface area contributed by atoms with Crippen molar-refractivity contribution in [1.29, 1.82) is 0 Å². The van der Waals surface area contributed by atoms with Gasteiger partial charge in [-0.3, -0.25) is 0 Å². The maximum atomic E-state index is 11.2. The van der Waals surface area contributed by atoms with Crippen LogP contribution in [0.1, 0.15) is 33.6 Å². The smallest absolute Gasteiger partial charge is 0.333 e. The van der Waals surface area contributed by atoms with Crippen LogP contribution >= 0.6 is 0 Å². The molecule has 0 radical (unpaired) electrons. The molecule has 17 heavy (non-hydrogen) atoms. The zero-order valence-electron chi connectivity index (χ0n) is 11.2. The number of carbonyl (C=O) groups excluding carboxylic acids is 1. The lowest BCUT2D eigenvalue weighted by molar-refractivity contribution is -0.140. The quantitative estimate of drug-likeness (QED) is 0.336. The van der Waals surface area contributed by atoms with Crippen molar-refractivity contribution in [2.45, 2.75) is 33.6 Å². The molecule has 0 saturated carbocycles. The number of unbranched alkanes of at least 4 members (excludes halogenated alkanes) is 1. The minimum Gasteiger partial charge on any atom is -0.460 e. The van der Waals surface area contributed by atoms with Crippen molar-refractivity contribution in [2.75, 3.05) is 33.0 Å². The lowest BCUT2D eigenvalue weighted by Gasteiger charge is -2.06. The minimum absolute atomic E-state index is 0.282. The Labute approximate surface area is 104 Å². The Morgan fingerprint density at radius 3 is 2.24 bits per heavy atom. The molecule has 0 atom stereocenters. The minimum atomic E-state index is -0.282. The molecule has 4 nitrogen and oxygen atoms in total. The summed E-state index contributed by atoms with van der Waals surface area (Å²) in [5.74, 6) is -0.282. The highest BCUT2D eigenvalue weighted by Gasteiger charge is 2.03. The summed E-state index contributed by atoms with van der Waals surface area (Å²) in [6, 6.07) is 0. The molecule has 0 unspecified atom stereocenters. The molecule has 0 aromatic carbocycles. The predicted molar refractivity (Wildman–Crippen MR) is 66.9 cm³/mol. The number of allylic oxidation sites excluding steroid dienone is 1. The van der Waals surface area contributed by atoms with Crippen molar-refractivity contribution in [3.05, 3.63) is 11.6 Å². The Morgan fingerprint density at radius 2 is 1.65 bits per heavy atom. The Morgan fingerprint density at radius 1 is 1.06 bits per heavy atom. The van der Waals surface area contributed by atoms with E-state index in [1.807, 2.05) is 0 Å². The molecule has 0 aliphatic rings. The monoisotopic (exact) mass is 244 g/mol. The fourth-order valence-electron chi connectivity index (χ4n) is 0.993. The zero-order valence-corrected chi connectivity index (χ0v) is 11.2. The summed E-state index contributed by atoms with van der Waals surface area (Å²) >= 11 is 0. The van der Waals surface area contributed by atoms with E-state index in [0.717, 1.165) is 19.4 Å². The molecule has 4 heteroatoms. The van der Waals surface area contributed by atoms with Crippen LogP contribution in [0.5, 0.6) is 0 Å². The average Bonchev–Trinajstić information content (AvgIpc) is 2.35. The number of esters is 1. The summed E-state index contributed by atoms with van der Waals surface area (Å²) in [6.07, 6.45) is 3.95. The second kappa shape index (κ2) is 11.6. The molecular weight excluding hydrogens is 220 g/mol. The first-order valence-electron chi connectivity index (χ1n) is 6.17. The molecule has 0 N–H and O–H groups in total. The van der Waals surface area contributed by atoms with Gasteiger partial charge in [0, 0.05) is 12.2 Å². The van der Waals surface area contributed by atoms with Crippen LogP contribution in [0.4, 0.5) is 0 Å². The highest BCUT2D eigenvalue weighted by molar-refractivity contribution is 5.87. The molecular formula is C13H24O4. The zero-order chi connectivity index (χ0) is 12.9. The molecule has 0 aliphatic heterocycles. The molecule has 0 saturated heterocycles. The van der Waals surface area contributed by atoms with Crippen molar-refractivity contribution >= 4 is 5.97 Å². The van der Waals surface area contributed by atoms with Gasteiger partial charge in [-0.25, -0.2) is 4.79 Å². The van der Waals surface area contributed by atoms with Crippen molar-refractivity contribution in [2.24, 2.45) is 0 Å². The average molecular weight is 244 g/mol. The van der Waals surface area contributed by atoms with Crippen LogP contribution in [0, 0.1) is 0 Å². The maximum absolute atomic E-state index is 11.2. The number of hydrogen-bond acceptors (Lipinski definition) is 4. The van der Waals surface area contributed by atoms with Gasteiger partial charge in [-0.15, -0.1) is 0 Å². The summed E-state index contributed by atoms with van der Waals surface area (Å²) in [5, 5.41) is 0. The summed E-state index contributed by atoms with van der Waals surface area (Å²) in [4.78, 5) is 11.2. The fraction of sp³-hybridized carbons (Fsp3) is 0.769. The van der Waals surface area contributed by atoms with E-state index in [1.165, 1.54) is 0 Å². The Hall–Kier alpha value is -0.870. The van der Waals surface area contributed by atoms with Crippen LogP contribution in [0.2, 0.25) is 0 Å². The molecule has 0 spiro atoms. The number of ether oxygens (including phenoxy) is 3. The van der Waals surface area contributed by atoms with Gasteiger partial charge in [-0.2, -0.15) is 0 Å². The molecule has 0 fully saturated rings. The van der Waals surface area contributed by atoms with E-state index in [9.17, 15) is 4.79 Å². The van der Waals surface area contributed by atoms with Gasteiger partial charge in [0.2, 0.25) is 0 Å². The first kappa shape index (κ1) is 16.1. The maximum Gasteiger partial charge on any atom is 0.333 e. The van der Waals surface area contributed by atoms with E-state index < -0.39 is 0 Å². The van der Waals surface area contributed by atoms with Crippen LogP contribution in [0.15, 0.2) is 11.6 Å². The lowest BCUT2D eigenvalue weighted by Crippen LogP contribution is -2.13. The van der Waals surface area contributed by atoms with Gasteiger partial charge >= 0.3 is 5.97 Å². The normalized spacial score (nSPS) is 11.6. The van der Waals surface area contributed by atoms with Gasteiger partial charge in [-0.1, -0.05) is 19.4 Å². The van der Waals surface area contributed by atoms with Gasteiger partial charge < -0.3 is 14.2 Å². The highest BCUT2D eigenvalue weighted by atomic mass is 16.6. The Bertz CT molecular complexity index is 223. The lowest BCUT2D eigenvalue weighted by atomic mass is 10.3. The van der Waals surface area contributed by atoms with Crippen LogP contribution in [-0.4, -0.2) is 39.0 Å². The van der Waals surface area contributed by atoms with Crippen molar-refractivity contribution < 1.29 is 19.0 Å². The van der Waals surface area contributed by atoms with E-state index in [-0.39, 0.29) is 5.97 Å². The molecule has 0 aromatic heterocycles. The summed E-state index contributed by atoms with van der Waals surface area (Å²) < 4.78 is 15.5. The van der Waals surface area contributed by atoms with E-state index in [4.69, 9.17) is 14.2 Å². The molecule has 0 aliphatic carbocycles. The Balaban J connectivity index is 3.21. The second-order valence-electron chi connectivity index (χ2n) is 3.69. The number of carbonyl (C=O) groups is 1. The van der Waals surface area contributed by atoms with Gasteiger partial charge in [-0.05, 0) is 20.3 Å². The van der Waals surface area contributed by atoms with E-state index in [2.05, 4.69) is 6.92 Å². The fourth-order valence-corrected chi connectivity index (χ4v) is 0.993. The third-order valence-corrected chi connectivity index (χ3v) is 2.23. The second-order valence-corrected chi connectivity index (χ2v) is 3.69. The topological polar surface area (TPSA) is 44.8 Å². The van der Waals surface area contributed by atoms with Gasteiger partial charge in [0.1, 0.15) is 6.61 Å². The van der Waals surface area contributed by atoms with Crippen molar-refractivity contribution in [3.63, 3.8) is 0 Å². The SMILES string of the molecule is C/C=C(\C)C(=O)OCCOCCOCCCC. The van der Waals surface area contributed by atoms with Gasteiger partial charge in [0.05, 0.1) is 19.8 Å². The standard InChI is InChI=1S/C13H24O4/c1-4-6-7-15-8-9-16-10-11-17-13(14)12(3)5-2/h5H,4,6-11H2,1-3H3/b12-5+. The van der Waals surface area contributed by atoms with Gasteiger partial charge in [0.15, 0.2) is 0 Å². The molecule has 0 aromatic rings. The third kappa shape index (κ3) is 10.0. The molecule has 0 amide bonds.